The molecule has 0 aromatic heterocycles. The van der Waals surface area contributed by atoms with Gasteiger partial charge in [-0.1, -0.05) is 6.08 Å². The summed E-state index contributed by atoms with van der Waals surface area (Å²) in [5, 5.41) is 3.05. The fourth-order valence-corrected chi connectivity index (χ4v) is 1.13. The SMILES string of the molecule is C=CCNC(=S)NNC(=O)c1ccc(F)cc1. The van der Waals surface area contributed by atoms with E-state index in [1.54, 1.807) is 6.08 Å². The number of amides is 1. The molecule has 0 saturated heterocycles. The van der Waals surface area contributed by atoms with Crippen LogP contribution < -0.4 is 16.2 Å². The zero-order chi connectivity index (χ0) is 12.7. The minimum Gasteiger partial charge on any atom is -0.358 e. The highest BCUT2D eigenvalue weighted by Crippen LogP contribution is 2.01. The van der Waals surface area contributed by atoms with E-state index in [-0.39, 0.29) is 5.11 Å². The molecule has 90 valence electrons. The van der Waals surface area contributed by atoms with E-state index in [2.05, 4.69) is 22.7 Å². The lowest BCUT2D eigenvalue weighted by Crippen LogP contribution is -2.46. The summed E-state index contributed by atoms with van der Waals surface area (Å²) < 4.78 is 12.6. The van der Waals surface area contributed by atoms with Crippen LogP contribution in [0.5, 0.6) is 0 Å². The number of carbonyl (C=O) groups excluding carboxylic acids is 1. The molecule has 3 N–H and O–H groups in total. The topological polar surface area (TPSA) is 53.2 Å². The Morgan fingerprint density at radius 1 is 1.35 bits per heavy atom. The number of benzene rings is 1. The Bertz CT molecular complexity index is 419. The molecule has 0 aliphatic rings. The second kappa shape index (κ2) is 6.59. The molecular formula is C11H12FN3OS. The average Bonchev–Trinajstić information content (AvgIpc) is 2.34. The molecule has 1 rings (SSSR count). The van der Waals surface area contributed by atoms with E-state index in [1.165, 1.54) is 24.3 Å². The summed E-state index contributed by atoms with van der Waals surface area (Å²) in [6.07, 6.45) is 1.63. The van der Waals surface area contributed by atoms with Crippen molar-refractivity contribution in [2.45, 2.75) is 0 Å². The molecule has 4 nitrogen and oxygen atoms in total. The molecule has 0 fully saturated rings. The van der Waals surface area contributed by atoms with Gasteiger partial charge in [0.2, 0.25) is 0 Å². The predicted molar refractivity (Wildman–Crippen MR) is 67.8 cm³/mol. The van der Waals surface area contributed by atoms with E-state index in [9.17, 15) is 9.18 Å². The summed E-state index contributed by atoms with van der Waals surface area (Å²) in [6, 6.07) is 5.19. The van der Waals surface area contributed by atoms with Crippen LogP contribution in [0, 0.1) is 5.82 Å². The first kappa shape index (κ1) is 13.1. The molecule has 0 aliphatic heterocycles. The van der Waals surface area contributed by atoms with Gasteiger partial charge in [-0.15, -0.1) is 6.58 Å². The van der Waals surface area contributed by atoms with Crippen molar-refractivity contribution in [3.05, 3.63) is 48.3 Å². The fraction of sp³-hybridized carbons (Fsp3) is 0.0909. The van der Waals surface area contributed by atoms with Gasteiger partial charge in [0.15, 0.2) is 5.11 Å². The highest BCUT2D eigenvalue weighted by Gasteiger charge is 2.04. The van der Waals surface area contributed by atoms with Crippen LogP contribution in [0.3, 0.4) is 0 Å². The summed E-state index contributed by atoms with van der Waals surface area (Å²) >= 11 is 4.86. The van der Waals surface area contributed by atoms with Crippen molar-refractivity contribution in [3.8, 4) is 0 Å². The van der Waals surface area contributed by atoms with Gasteiger partial charge in [0, 0.05) is 12.1 Å². The largest absolute Gasteiger partial charge is 0.358 e. The average molecular weight is 253 g/mol. The molecule has 17 heavy (non-hydrogen) atoms. The smallest absolute Gasteiger partial charge is 0.269 e. The zero-order valence-electron chi connectivity index (χ0n) is 9.00. The van der Waals surface area contributed by atoms with E-state index in [0.29, 0.717) is 12.1 Å². The molecule has 6 heteroatoms. The highest BCUT2D eigenvalue weighted by atomic mass is 32.1. The van der Waals surface area contributed by atoms with E-state index < -0.39 is 11.7 Å². The van der Waals surface area contributed by atoms with Crippen LogP contribution in [0.4, 0.5) is 4.39 Å². The van der Waals surface area contributed by atoms with E-state index in [1.807, 2.05) is 0 Å². The number of rotatable bonds is 3. The molecule has 0 unspecified atom stereocenters. The fourth-order valence-electron chi connectivity index (χ4n) is 0.996. The molecule has 0 spiro atoms. The van der Waals surface area contributed by atoms with Gasteiger partial charge in [-0.3, -0.25) is 15.6 Å². The Kier molecular flexibility index (Phi) is 5.09. The summed E-state index contributed by atoms with van der Waals surface area (Å²) in [5.74, 6) is -0.787. The van der Waals surface area contributed by atoms with Gasteiger partial charge in [-0.05, 0) is 36.5 Å². The number of carbonyl (C=O) groups is 1. The van der Waals surface area contributed by atoms with E-state index in [4.69, 9.17) is 12.2 Å². The second-order valence-electron chi connectivity index (χ2n) is 3.08. The Labute approximate surface area is 104 Å². The number of thiocarbonyl (C=S) groups is 1. The minimum atomic E-state index is -0.396. The summed E-state index contributed by atoms with van der Waals surface area (Å²) in [7, 11) is 0. The molecule has 1 amide bonds. The number of hydrogen-bond donors (Lipinski definition) is 3. The normalized spacial score (nSPS) is 9.24. The first-order valence-electron chi connectivity index (χ1n) is 4.84. The van der Waals surface area contributed by atoms with Crippen LogP contribution in [-0.2, 0) is 0 Å². The van der Waals surface area contributed by atoms with Gasteiger partial charge in [0.1, 0.15) is 5.82 Å². The standard InChI is InChI=1S/C11H12FN3OS/c1-2-7-13-11(17)15-14-10(16)8-3-5-9(12)6-4-8/h2-6H,1,7H2,(H,14,16)(H2,13,15,17). The quantitative estimate of drug-likeness (QED) is 0.429. The Morgan fingerprint density at radius 3 is 2.59 bits per heavy atom. The monoisotopic (exact) mass is 253 g/mol. The van der Waals surface area contributed by atoms with Crippen LogP contribution in [-0.4, -0.2) is 17.6 Å². The summed E-state index contributed by atoms with van der Waals surface area (Å²) in [4.78, 5) is 11.5. The van der Waals surface area contributed by atoms with Gasteiger partial charge in [-0.2, -0.15) is 0 Å². The van der Waals surface area contributed by atoms with Gasteiger partial charge in [0.25, 0.3) is 5.91 Å². The Balaban J connectivity index is 2.42. The number of nitrogens with one attached hydrogen (secondary N) is 3. The molecule has 0 saturated carbocycles. The highest BCUT2D eigenvalue weighted by molar-refractivity contribution is 7.80. The molecule has 1 aromatic carbocycles. The lowest BCUT2D eigenvalue weighted by molar-refractivity contribution is 0.0943. The molecule has 1 aromatic rings. The maximum absolute atomic E-state index is 12.6. The maximum atomic E-state index is 12.6. The molecular weight excluding hydrogens is 241 g/mol. The van der Waals surface area contributed by atoms with E-state index in [0.717, 1.165) is 0 Å². The van der Waals surface area contributed by atoms with Crippen LogP contribution >= 0.6 is 12.2 Å². The molecule has 0 aliphatic carbocycles. The minimum absolute atomic E-state index is 0.278. The molecule has 0 heterocycles. The van der Waals surface area contributed by atoms with Crippen LogP contribution in [0.2, 0.25) is 0 Å². The third-order valence-electron chi connectivity index (χ3n) is 1.80. The third kappa shape index (κ3) is 4.60. The van der Waals surface area contributed by atoms with Gasteiger partial charge in [0.05, 0.1) is 0 Å². The van der Waals surface area contributed by atoms with Crippen molar-refractivity contribution in [1.82, 2.24) is 16.2 Å². The molecule has 0 atom stereocenters. The molecule has 0 radical (unpaired) electrons. The van der Waals surface area contributed by atoms with Crippen LogP contribution in [0.15, 0.2) is 36.9 Å². The van der Waals surface area contributed by atoms with E-state index >= 15 is 0 Å². The van der Waals surface area contributed by atoms with Crippen molar-refractivity contribution >= 4 is 23.2 Å². The predicted octanol–water partition coefficient (Wildman–Crippen LogP) is 1.12. The van der Waals surface area contributed by atoms with Gasteiger partial charge in [-0.25, -0.2) is 4.39 Å². The number of hydrogen-bond acceptors (Lipinski definition) is 2. The Morgan fingerprint density at radius 2 is 2.00 bits per heavy atom. The van der Waals surface area contributed by atoms with Crippen molar-refractivity contribution < 1.29 is 9.18 Å². The van der Waals surface area contributed by atoms with Crippen LogP contribution in [0.25, 0.3) is 0 Å². The summed E-state index contributed by atoms with van der Waals surface area (Å²) in [5.41, 5.74) is 5.23. The van der Waals surface area contributed by atoms with Crippen molar-refractivity contribution in [3.63, 3.8) is 0 Å². The first-order chi connectivity index (χ1) is 8.13. The van der Waals surface area contributed by atoms with Crippen molar-refractivity contribution in [2.24, 2.45) is 0 Å². The lowest BCUT2D eigenvalue weighted by Gasteiger charge is -2.10. The van der Waals surface area contributed by atoms with Crippen LogP contribution in [0.1, 0.15) is 10.4 Å². The first-order valence-corrected chi connectivity index (χ1v) is 5.25. The number of halogens is 1. The second-order valence-corrected chi connectivity index (χ2v) is 3.49. The van der Waals surface area contributed by atoms with Gasteiger partial charge < -0.3 is 5.32 Å². The Hall–Kier alpha value is -1.95. The van der Waals surface area contributed by atoms with Crippen molar-refractivity contribution in [1.29, 1.82) is 0 Å². The lowest BCUT2D eigenvalue weighted by atomic mass is 10.2. The number of hydrazine groups is 1. The molecule has 0 bridgehead atoms. The maximum Gasteiger partial charge on any atom is 0.269 e. The summed E-state index contributed by atoms with van der Waals surface area (Å²) in [6.45, 7) is 4.01. The van der Waals surface area contributed by atoms with Crippen molar-refractivity contribution in [2.75, 3.05) is 6.54 Å². The zero-order valence-corrected chi connectivity index (χ0v) is 9.81. The third-order valence-corrected chi connectivity index (χ3v) is 2.05. The van der Waals surface area contributed by atoms with Gasteiger partial charge >= 0.3 is 0 Å².